The van der Waals surface area contributed by atoms with Crippen LogP contribution in [0.25, 0.3) is 0 Å². The number of anilines is 1. The first-order valence-electron chi connectivity index (χ1n) is 9.03. The number of nitrogens with zero attached hydrogens (tertiary/aromatic N) is 1. The van der Waals surface area contributed by atoms with Gasteiger partial charge in [0.25, 0.3) is 0 Å². The Morgan fingerprint density at radius 3 is 2.21 bits per heavy atom. The molecule has 0 saturated carbocycles. The average molecular weight is 417 g/mol. The van der Waals surface area contributed by atoms with Crippen molar-refractivity contribution < 1.29 is 24.2 Å². The molecule has 0 aliphatic heterocycles. The van der Waals surface area contributed by atoms with Gasteiger partial charge in [-0.15, -0.1) is 0 Å². The number of carbonyl (C=O) groups excluding carboxylic acids is 3. The van der Waals surface area contributed by atoms with Crippen LogP contribution in [0.2, 0.25) is 5.02 Å². The third kappa shape index (κ3) is 4.11. The fraction of sp³-hybridized carbons (Fsp3) is 0.286. The van der Waals surface area contributed by atoms with Gasteiger partial charge in [-0.3, -0.25) is 15.0 Å². The van der Waals surface area contributed by atoms with Crippen LogP contribution in [0.15, 0.2) is 36.4 Å². The molecule has 29 heavy (non-hydrogen) atoms. The number of ether oxygens (including phenoxy) is 1. The maximum Gasteiger partial charge on any atom is 0.429 e. The van der Waals surface area contributed by atoms with Crippen LogP contribution in [0.1, 0.15) is 52.6 Å². The summed E-state index contributed by atoms with van der Waals surface area (Å²) in [7, 11) is 0. The number of rotatable bonds is 4. The van der Waals surface area contributed by atoms with Crippen molar-refractivity contribution >= 4 is 34.9 Å². The van der Waals surface area contributed by atoms with E-state index in [9.17, 15) is 19.5 Å². The number of benzene rings is 2. The SMILES string of the molecule is CC(C)(C)OC(=O)N(CCO)Nc1ccc(Cl)c2c1C(=O)c1ccccc1C2=O. The highest BCUT2D eigenvalue weighted by molar-refractivity contribution is 6.39. The van der Waals surface area contributed by atoms with Gasteiger partial charge in [0.05, 0.1) is 35.0 Å². The number of hydrogen-bond acceptors (Lipinski definition) is 6. The van der Waals surface area contributed by atoms with E-state index in [2.05, 4.69) is 5.43 Å². The number of hydrogen-bond donors (Lipinski definition) is 2. The van der Waals surface area contributed by atoms with E-state index in [1.165, 1.54) is 12.1 Å². The molecule has 7 nitrogen and oxygen atoms in total. The number of hydrazine groups is 1. The molecule has 2 aromatic carbocycles. The van der Waals surface area contributed by atoms with Gasteiger partial charge in [0.15, 0.2) is 11.6 Å². The lowest BCUT2D eigenvalue weighted by Gasteiger charge is -2.29. The number of aliphatic hydroxyl groups is 1. The average Bonchev–Trinajstić information content (AvgIpc) is 2.65. The van der Waals surface area contributed by atoms with Crippen molar-refractivity contribution in [2.45, 2.75) is 26.4 Å². The second-order valence-electron chi connectivity index (χ2n) is 7.52. The lowest BCUT2D eigenvalue weighted by molar-refractivity contribution is 0.0269. The minimum atomic E-state index is -0.753. The van der Waals surface area contributed by atoms with Gasteiger partial charge in [-0.25, -0.2) is 9.80 Å². The Morgan fingerprint density at radius 1 is 1.07 bits per heavy atom. The summed E-state index contributed by atoms with van der Waals surface area (Å²) in [6, 6.07) is 9.49. The van der Waals surface area contributed by atoms with Crippen molar-refractivity contribution in [1.29, 1.82) is 0 Å². The molecule has 0 saturated heterocycles. The van der Waals surface area contributed by atoms with E-state index < -0.39 is 11.7 Å². The summed E-state index contributed by atoms with van der Waals surface area (Å²) in [5, 5.41) is 10.5. The summed E-state index contributed by atoms with van der Waals surface area (Å²) in [5.41, 5.74) is 2.97. The lowest BCUT2D eigenvalue weighted by Crippen LogP contribution is -2.42. The minimum absolute atomic E-state index is 0.0766. The molecule has 152 valence electrons. The molecule has 0 fully saturated rings. The van der Waals surface area contributed by atoms with E-state index >= 15 is 0 Å². The maximum atomic E-state index is 13.1. The Kier molecular flexibility index (Phi) is 5.64. The normalized spacial score (nSPS) is 12.9. The molecule has 0 bridgehead atoms. The molecule has 3 rings (SSSR count). The van der Waals surface area contributed by atoms with Gasteiger partial charge in [-0.05, 0) is 32.9 Å². The summed E-state index contributed by atoms with van der Waals surface area (Å²) in [6.07, 6.45) is -0.731. The van der Waals surface area contributed by atoms with E-state index in [1.54, 1.807) is 45.0 Å². The van der Waals surface area contributed by atoms with Crippen molar-refractivity contribution in [3.05, 3.63) is 63.7 Å². The molecule has 1 aliphatic rings. The van der Waals surface area contributed by atoms with Crippen LogP contribution in [0.4, 0.5) is 10.5 Å². The van der Waals surface area contributed by atoms with Gasteiger partial charge in [0, 0.05) is 11.1 Å². The molecule has 0 atom stereocenters. The zero-order valence-electron chi connectivity index (χ0n) is 16.3. The van der Waals surface area contributed by atoms with Crippen LogP contribution in [-0.4, -0.2) is 46.5 Å². The zero-order valence-corrected chi connectivity index (χ0v) is 17.0. The largest absolute Gasteiger partial charge is 0.442 e. The second kappa shape index (κ2) is 7.85. The summed E-state index contributed by atoms with van der Waals surface area (Å²) >= 11 is 6.24. The predicted molar refractivity (Wildman–Crippen MR) is 108 cm³/mol. The minimum Gasteiger partial charge on any atom is -0.442 e. The molecule has 0 heterocycles. The molecular formula is C21H21ClN2O5. The van der Waals surface area contributed by atoms with Crippen molar-refractivity contribution in [3.63, 3.8) is 0 Å². The van der Waals surface area contributed by atoms with E-state index in [4.69, 9.17) is 16.3 Å². The monoisotopic (exact) mass is 416 g/mol. The Balaban J connectivity index is 2.05. The molecule has 8 heteroatoms. The number of nitrogens with one attached hydrogen (secondary N) is 1. The molecule has 0 radical (unpaired) electrons. The smallest absolute Gasteiger partial charge is 0.429 e. The van der Waals surface area contributed by atoms with Crippen molar-refractivity contribution in [3.8, 4) is 0 Å². The molecule has 2 aromatic rings. The first-order valence-corrected chi connectivity index (χ1v) is 9.41. The maximum absolute atomic E-state index is 13.1. The van der Waals surface area contributed by atoms with Gasteiger partial charge in [0.2, 0.25) is 0 Å². The van der Waals surface area contributed by atoms with E-state index in [-0.39, 0.29) is 57.7 Å². The molecular weight excluding hydrogens is 396 g/mol. The highest BCUT2D eigenvalue weighted by Crippen LogP contribution is 2.36. The van der Waals surface area contributed by atoms with Gasteiger partial charge in [-0.1, -0.05) is 35.9 Å². The van der Waals surface area contributed by atoms with Crippen molar-refractivity contribution in [2.75, 3.05) is 18.6 Å². The van der Waals surface area contributed by atoms with Gasteiger partial charge in [0.1, 0.15) is 5.60 Å². The van der Waals surface area contributed by atoms with Crippen LogP contribution in [0.5, 0.6) is 0 Å². The van der Waals surface area contributed by atoms with Gasteiger partial charge in [-0.2, -0.15) is 0 Å². The zero-order chi connectivity index (χ0) is 21.3. The molecule has 2 N–H and O–H groups in total. The van der Waals surface area contributed by atoms with Crippen LogP contribution >= 0.6 is 11.6 Å². The summed E-state index contributed by atoms with van der Waals surface area (Å²) in [6.45, 7) is 4.71. The number of aliphatic hydroxyl groups excluding tert-OH is 1. The Bertz CT molecular complexity index is 997. The topological polar surface area (TPSA) is 95.9 Å². The summed E-state index contributed by atoms with van der Waals surface area (Å²) in [5.74, 6) is -0.747. The standard InChI is InChI=1S/C21H21ClN2O5/c1-21(2,3)29-20(28)24(10-11-25)23-15-9-8-14(22)16-17(15)19(27)13-7-5-4-6-12(13)18(16)26/h4-9,23,25H,10-11H2,1-3H3. The first-order chi connectivity index (χ1) is 13.6. The fourth-order valence-electron chi connectivity index (χ4n) is 3.03. The highest BCUT2D eigenvalue weighted by Gasteiger charge is 2.34. The number of ketones is 2. The third-order valence-corrected chi connectivity index (χ3v) is 4.53. The highest BCUT2D eigenvalue weighted by atomic mass is 35.5. The summed E-state index contributed by atoms with van der Waals surface area (Å²) in [4.78, 5) is 38.6. The Morgan fingerprint density at radius 2 is 1.66 bits per heavy atom. The van der Waals surface area contributed by atoms with Crippen LogP contribution in [0.3, 0.4) is 0 Å². The fourth-order valence-corrected chi connectivity index (χ4v) is 3.28. The van der Waals surface area contributed by atoms with Gasteiger partial charge >= 0.3 is 6.09 Å². The van der Waals surface area contributed by atoms with Crippen LogP contribution in [-0.2, 0) is 4.74 Å². The Hall–Kier alpha value is -2.90. The van der Waals surface area contributed by atoms with Crippen molar-refractivity contribution in [1.82, 2.24) is 5.01 Å². The summed E-state index contributed by atoms with van der Waals surface area (Å²) < 4.78 is 5.33. The first kappa shape index (κ1) is 20.8. The number of carbonyl (C=O) groups is 3. The third-order valence-electron chi connectivity index (χ3n) is 4.22. The quantitative estimate of drug-likeness (QED) is 0.630. The van der Waals surface area contributed by atoms with Gasteiger partial charge < -0.3 is 9.84 Å². The van der Waals surface area contributed by atoms with Crippen LogP contribution < -0.4 is 5.43 Å². The van der Waals surface area contributed by atoms with E-state index in [0.717, 1.165) is 5.01 Å². The molecule has 0 aromatic heterocycles. The second-order valence-corrected chi connectivity index (χ2v) is 7.92. The van der Waals surface area contributed by atoms with Crippen LogP contribution in [0, 0.1) is 0 Å². The Labute approximate surface area is 173 Å². The van der Waals surface area contributed by atoms with E-state index in [0.29, 0.717) is 0 Å². The molecule has 0 spiro atoms. The van der Waals surface area contributed by atoms with Crippen molar-refractivity contribution in [2.24, 2.45) is 0 Å². The lowest BCUT2D eigenvalue weighted by atomic mass is 9.83. The van der Waals surface area contributed by atoms with E-state index in [1.807, 2.05) is 0 Å². The predicted octanol–water partition coefficient (Wildman–Crippen LogP) is 3.67. The molecule has 0 unspecified atom stereocenters. The molecule has 1 amide bonds. The number of fused-ring (bicyclic) bond motifs is 2. The number of amides is 1. The number of halogens is 1. The molecule has 1 aliphatic carbocycles.